The van der Waals surface area contributed by atoms with E-state index in [2.05, 4.69) is 23.8 Å². The zero-order valence-electron chi connectivity index (χ0n) is 9.38. The maximum absolute atomic E-state index is 9.21. The molecule has 3 heteroatoms. The van der Waals surface area contributed by atoms with Gasteiger partial charge in [-0.15, -0.1) is 0 Å². The van der Waals surface area contributed by atoms with Crippen molar-refractivity contribution in [3.8, 4) is 17.1 Å². The highest BCUT2D eigenvalue weighted by Crippen LogP contribution is 2.20. The first-order chi connectivity index (χ1) is 7.66. The summed E-state index contributed by atoms with van der Waals surface area (Å²) >= 11 is 0. The average Bonchev–Trinajstić information content (AvgIpc) is 2.30. The summed E-state index contributed by atoms with van der Waals surface area (Å²) in [6.07, 6.45) is 1.77. The quantitative estimate of drug-likeness (QED) is 0.835. The molecule has 0 unspecified atom stereocenters. The SMILES string of the molecule is CC(C)c1ccnc(-c2ccc(O)cc2)n1. The van der Waals surface area contributed by atoms with Gasteiger partial charge in [-0.25, -0.2) is 9.97 Å². The van der Waals surface area contributed by atoms with Crippen LogP contribution in [0.2, 0.25) is 0 Å². The number of aromatic nitrogens is 2. The second kappa shape index (κ2) is 4.31. The fourth-order valence-corrected chi connectivity index (χ4v) is 1.44. The van der Waals surface area contributed by atoms with Crippen LogP contribution in [0.5, 0.6) is 5.75 Å². The molecular formula is C13H14N2O. The standard InChI is InChI=1S/C13H14N2O/c1-9(2)12-7-8-14-13(15-12)10-3-5-11(16)6-4-10/h3-9,16H,1-2H3. The molecule has 0 fully saturated rings. The molecule has 0 saturated heterocycles. The minimum atomic E-state index is 0.253. The first-order valence-corrected chi connectivity index (χ1v) is 5.29. The summed E-state index contributed by atoms with van der Waals surface area (Å²) in [5.41, 5.74) is 1.94. The second-order valence-corrected chi connectivity index (χ2v) is 4.01. The van der Waals surface area contributed by atoms with Gasteiger partial charge in [0.25, 0.3) is 0 Å². The Kier molecular flexibility index (Phi) is 2.86. The van der Waals surface area contributed by atoms with Crippen molar-refractivity contribution in [2.45, 2.75) is 19.8 Å². The van der Waals surface area contributed by atoms with Crippen LogP contribution < -0.4 is 0 Å². The van der Waals surface area contributed by atoms with Crippen LogP contribution in [0.15, 0.2) is 36.5 Å². The molecule has 0 aliphatic carbocycles. The maximum Gasteiger partial charge on any atom is 0.159 e. The highest BCUT2D eigenvalue weighted by Gasteiger charge is 2.05. The van der Waals surface area contributed by atoms with Gasteiger partial charge < -0.3 is 5.11 Å². The minimum Gasteiger partial charge on any atom is -0.508 e. The number of nitrogens with zero attached hydrogens (tertiary/aromatic N) is 2. The van der Waals surface area contributed by atoms with Gasteiger partial charge in [-0.1, -0.05) is 13.8 Å². The van der Waals surface area contributed by atoms with Gasteiger partial charge in [-0.05, 0) is 36.2 Å². The summed E-state index contributed by atoms with van der Waals surface area (Å²) in [5, 5.41) is 9.21. The summed E-state index contributed by atoms with van der Waals surface area (Å²) in [4.78, 5) is 8.71. The van der Waals surface area contributed by atoms with E-state index in [1.165, 1.54) is 0 Å². The van der Waals surface area contributed by atoms with Gasteiger partial charge in [0.15, 0.2) is 5.82 Å². The lowest BCUT2D eigenvalue weighted by Crippen LogP contribution is -1.96. The number of phenols is 1. The number of hydrogen-bond acceptors (Lipinski definition) is 3. The lowest BCUT2D eigenvalue weighted by Gasteiger charge is -2.06. The molecule has 2 aromatic rings. The van der Waals surface area contributed by atoms with Gasteiger partial charge in [0.2, 0.25) is 0 Å². The molecule has 0 saturated carbocycles. The van der Waals surface area contributed by atoms with E-state index in [4.69, 9.17) is 0 Å². The molecule has 0 spiro atoms. The summed E-state index contributed by atoms with van der Waals surface area (Å²) in [5.74, 6) is 1.34. The van der Waals surface area contributed by atoms with Crippen molar-refractivity contribution < 1.29 is 5.11 Å². The maximum atomic E-state index is 9.21. The number of hydrogen-bond donors (Lipinski definition) is 1. The minimum absolute atomic E-state index is 0.253. The Balaban J connectivity index is 2.40. The van der Waals surface area contributed by atoms with Crippen LogP contribution in [0.3, 0.4) is 0 Å². The zero-order chi connectivity index (χ0) is 11.5. The van der Waals surface area contributed by atoms with Crippen LogP contribution in [0.25, 0.3) is 11.4 Å². The van der Waals surface area contributed by atoms with E-state index in [0.29, 0.717) is 11.7 Å². The Hall–Kier alpha value is -1.90. The molecule has 2 rings (SSSR count). The van der Waals surface area contributed by atoms with Gasteiger partial charge >= 0.3 is 0 Å². The zero-order valence-corrected chi connectivity index (χ0v) is 9.38. The van der Waals surface area contributed by atoms with Crippen molar-refractivity contribution in [3.63, 3.8) is 0 Å². The normalized spacial score (nSPS) is 10.7. The lowest BCUT2D eigenvalue weighted by molar-refractivity contribution is 0.475. The van der Waals surface area contributed by atoms with Crippen molar-refractivity contribution in [1.29, 1.82) is 0 Å². The molecule has 0 atom stereocenters. The van der Waals surface area contributed by atoms with E-state index in [9.17, 15) is 5.11 Å². The Bertz CT molecular complexity index is 478. The summed E-state index contributed by atoms with van der Waals surface area (Å²) in [6, 6.07) is 8.83. The van der Waals surface area contributed by atoms with E-state index in [0.717, 1.165) is 11.3 Å². The molecule has 1 aromatic carbocycles. The first kappa shape index (κ1) is 10.6. The van der Waals surface area contributed by atoms with E-state index in [1.54, 1.807) is 18.3 Å². The van der Waals surface area contributed by atoms with Crippen molar-refractivity contribution in [2.75, 3.05) is 0 Å². The van der Waals surface area contributed by atoms with E-state index in [-0.39, 0.29) is 5.75 Å². The Morgan fingerprint density at radius 1 is 1.06 bits per heavy atom. The van der Waals surface area contributed by atoms with Crippen molar-refractivity contribution in [3.05, 3.63) is 42.2 Å². The highest BCUT2D eigenvalue weighted by molar-refractivity contribution is 5.55. The van der Waals surface area contributed by atoms with Crippen molar-refractivity contribution in [1.82, 2.24) is 9.97 Å². The van der Waals surface area contributed by atoms with Gasteiger partial charge in [-0.3, -0.25) is 0 Å². The number of aromatic hydroxyl groups is 1. The van der Waals surface area contributed by atoms with E-state index in [1.807, 2.05) is 18.2 Å². The molecule has 0 amide bonds. The Morgan fingerprint density at radius 3 is 2.38 bits per heavy atom. The molecule has 0 radical (unpaired) electrons. The van der Waals surface area contributed by atoms with Crippen LogP contribution in [-0.4, -0.2) is 15.1 Å². The van der Waals surface area contributed by atoms with Gasteiger partial charge in [0, 0.05) is 17.5 Å². The molecular weight excluding hydrogens is 200 g/mol. The third-order valence-corrected chi connectivity index (χ3v) is 2.39. The average molecular weight is 214 g/mol. The molecule has 0 bridgehead atoms. The van der Waals surface area contributed by atoms with Crippen LogP contribution in [-0.2, 0) is 0 Å². The first-order valence-electron chi connectivity index (χ1n) is 5.29. The highest BCUT2D eigenvalue weighted by atomic mass is 16.3. The smallest absolute Gasteiger partial charge is 0.159 e. The summed E-state index contributed by atoms with van der Waals surface area (Å²) < 4.78 is 0. The van der Waals surface area contributed by atoms with Crippen LogP contribution in [0.4, 0.5) is 0 Å². The molecule has 82 valence electrons. The van der Waals surface area contributed by atoms with Crippen LogP contribution in [0.1, 0.15) is 25.5 Å². The fraction of sp³-hybridized carbons (Fsp3) is 0.231. The predicted octanol–water partition coefficient (Wildman–Crippen LogP) is 2.97. The topological polar surface area (TPSA) is 46.0 Å². The molecule has 16 heavy (non-hydrogen) atoms. The van der Waals surface area contributed by atoms with Gasteiger partial charge in [0.1, 0.15) is 5.75 Å². The molecule has 0 aliphatic rings. The number of rotatable bonds is 2. The van der Waals surface area contributed by atoms with E-state index < -0.39 is 0 Å². The Labute approximate surface area is 94.8 Å². The molecule has 1 heterocycles. The second-order valence-electron chi connectivity index (χ2n) is 4.01. The van der Waals surface area contributed by atoms with Gasteiger partial charge in [-0.2, -0.15) is 0 Å². The summed E-state index contributed by atoms with van der Waals surface area (Å²) in [6.45, 7) is 4.20. The number of benzene rings is 1. The largest absolute Gasteiger partial charge is 0.508 e. The fourth-order valence-electron chi connectivity index (χ4n) is 1.44. The monoisotopic (exact) mass is 214 g/mol. The summed E-state index contributed by atoms with van der Waals surface area (Å²) in [7, 11) is 0. The van der Waals surface area contributed by atoms with Crippen molar-refractivity contribution in [2.24, 2.45) is 0 Å². The molecule has 1 N–H and O–H groups in total. The van der Waals surface area contributed by atoms with Crippen LogP contribution >= 0.6 is 0 Å². The van der Waals surface area contributed by atoms with E-state index >= 15 is 0 Å². The lowest BCUT2D eigenvalue weighted by atomic mass is 10.1. The Morgan fingerprint density at radius 2 is 1.75 bits per heavy atom. The van der Waals surface area contributed by atoms with Gasteiger partial charge in [0.05, 0.1) is 0 Å². The third kappa shape index (κ3) is 2.19. The third-order valence-electron chi connectivity index (χ3n) is 2.39. The molecule has 0 aliphatic heterocycles. The molecule has 1 aromatic heterocycles. The van der Waals surface area contributed by atoms with Crippen molar-refractivity contribution >= 4 is 0 Å². The van der Waals surface area contributed by atoms with Crippen LogP contribution in [0, 0.1) is 0 Å². The number of phenolic OH excluding ortho intramolecular Hbond substituents is 1. The molecule has 3 nitrogen and oxygen atoms in total. The predicted molar refractivity (Wildman–Crippen MR) is 63.2 cm³/mol.